The quantitative estimate of drug-likeness (QED) is 0.832. The number of hydrogen-bond donors (Lipinski definition) is 1. The highest BCUT2D eigenvalue weighted by atomic mass is 32.2. The van der Waals surface area contributed by atoms with Gasteiger partial charge in [-0.1, -0.05) is 6.92 Å². The number of nitrogens with one attached hydrogen (secondary N) is 1. The molecule has 1 aliphatic rings. The monoisotopic (exact) mass is 258 g/mol. The van der Waals surface area contributed by atoms with Gasteiger partial charge in [0.25, 0.3) is 0 Å². The smallest absolute Gasteiger partial charge is 0.195 e. The SMILES string of the molecule is CCc1n[nH]c(=S)n1CCN1CCSCC1. The highest BCUT2D eigenvalue weighted by Gasteiger charge is 2.11. The molecular formula is C10H18N4S2. The summed E-state index contributed by atoms with van der Waals surface area (Å²) in [7, 11) is 0. The van der Waals surface area contributed by atoms with Gasteiger partial charge in [0.15, 0.2) is 4.77 Å². The topological polar surface area (TPSA) is 36.9 Å². The fraction of sp³-hybridized carbons (Fsp3) is 0.800. The summed E-state index contributed by atoms with van der Waals surface area (Å²) in [5.74, 6) is 3.59. The highest BCUT2D eigenvalue weighted by molar-refractivity contribution is 7.99. The first-order valence-electron chi connectivity index (χ1n) is 5.75. The van der Waals surface area contributed by atoms with Crippen LogP contribution in [0.1, 0.15) is 12.7 Å². The Bertz CT molecular complexity index is 378. The summed E-state index contributed by atoms with van der Waals surface area (Å²) in [5, 5.41) is 7.09. The Balaban J connectivity index is 1.93. The van der Waals surface area contributed by atoms with E-state index in [1.54, 1.807) is 0 Å². The van der Waals surface area contributed by atoms with Crippen LogP contribution in [0.15, 0.2) is 0 Å². The Kier molecular flexibility index (Phi) is 4.43. The lowest BCUT2D eigenvalue weighted by Crippen LogP contribution is -2.35. The molecule has 2 rings (SSSR count). The summed E-state index contributed by atoms with van der Waals surface area (Å²) in [4.78, 5) is 2.50. The molecule has 1 saturated heterocycles. The van der Waals surface area contributed by atoms with Crippen LogP contribution >= 0.6 is 24.0 Å². The number of aryl methyl sites for hydroxylation is 1. The number of hydrogen-bond acceptors (Lipinski definition) is 4. The Morgan fingerprint density at radius 2 is 2.12 bits per heavy atom. The fourth-order valence-electron chi connectivity index (χ4n) is 1.92. The van der Waals surface area contributed by atoms with Crippen molar-refractivity contribution < 1.29 is 0 Å². The third kappa shape index (κ3) is 2.87. The maximum absolute atomic E-state index is 5.23. The molecule has 0 saturated carbocycles. The van der Waals surface area contributed by atoms with Crippen LogP contribution in [-0.2, 0) is 13.0 Å². The number of aromatic nitrogens is 3. The molecule has 4 nitrogen and oxygen atoms in total. The predicted molar refractivity (Wildman–Crippen MR) is 70.6 cm³/mol. The van der Waals surface area contributed by atoms with Crippen LogP contribution in [0.3, 0.4) is 0 Å². The van der Waals surface area contributed by atoms with Crippen LogP contribution in [0.5, 0.6) is 0 Å². The minimum Gasteiger partial charge on any atom is -0.303 e. The van der Waals surface area contributed by atoms with Gasteiger partial charge in [-0.2, -0.15) is 16.9 Å². The summed E-state index contributed by atoms with van der Waals surface area (Å²) in [5.41, 5.74) is 0. The molecule has 1 fully saturated rings. The minimum absolute atomic E-state index is 0.753. The van der Waals surface area contributed by atoms with Crippen LogP contribution in [0.25, 0.3) is 0 Å². The molecule has 0 aliphatic carbocycles. The average molecular weight is 258 g/mol. The van der Waals surface area contributed by atoms with E-state index in [9.17, 15) is 0 Å². The maximum Gasteiger partial charge on any atom is 0.195 e. The summed E-state index contributed by atoms with van der Waals surface area (Å²) in [6, 6.07) is 0. The molecule has 0 amide bonds. The lowest BCUT2D eigenvalue weighted by molar-refractivity contribution is 0.287. The first kappa shape index (κ1) is 12.1. The van der Waals surface area contributed by atoms with Gasteiger partial charge < -0.3 is 4.57 Å². The van der Waals surface area contributed by atoms with Crippen molar-refractivity contribution in [3.63, 3.8) is 0 Å². The molecule has 2 heterocycles. The van der Waals surface area contributed by atoms with Crippen molar-refractivity contribution in [2.45, 2.75) is 19.9 Å². The third-order valence-electron chi connectivity index (χ3n) is 2.90. The van der Waals surface area contributed by atoms with E-state index in [-0.39, 0.29) is 0 Å². The van der Waals surface area contributed by atoms with Crippen molar-refractivity contribution >= 4 is 24.0 Å². The molecule has 0 spiro atoms. The Morgan fingerprint density at radius 3 is 2.81 bits per heavy atom. The third-order valence-corrected chi connectivity index (χ3v) is 4.15. The van der Waals surface area contributed by atoms with E-state index < -0.39 is 0 Å². The second-order valence-corrected chi connectivity index (χ2v) is 5.52. The summed E-state index contributed by atoms with van der Waals surface area (Å²) in [6.45, 7) is 6.57. The number of rotatable bonds is 4. The van der Waals surface area contributed by atoms with Gasteiger partial charge in [0, 0.05) is 44.1 Å². The largest absolute Gasteiger partial charge is 0.303 e. The molecule has 1 N–H and O–H groups in total. The standard InChI is InChI=1S/C10H18N4S2/c1-2-9-11-12-10(15)14(9)4-3-13-5-7-16-8-6-13/h2-8H2,1H3,(H,12,15). The number of nitrogens with zero attached hydrogens (tertiary/aromatic N) is 3. The molecule has 0 aromatic carbocycles. The summed E-state index contributed by atoms with van der Waals surface area (Å²) >= 11 is 7.27. The Labute approximate surface area is 105 Å². The number of thioether (sulfide) groups is 1. The van der Waals surface area contributed by atoms with E-state index >= 15 is 0 Å². The lowest BCUT2D eigenvalue weighted by atomic mass is 10.4. The predicted octanol–water partition coefficient (Wildman–Crippen LogP) is 1.55. The summed E-state index contributed by atoms with van der Waals surface area (Å²) in [6.07, 6.45) is 0.934. The number of H-pyrrole nitrogens is 1. The normalized spacial score (nSPS) is 17.8. The van der Waals surface area contributed by atoms with Crippen molar-refractivity contribution in [2.24, 2.45) is 0 Å². The average Bonchev–Trinajstić information content (AvgIpc) is 2.69. The number of aromatic amines is 1. The minimum atomic E-state index is 0.753. The second kappa shape index (κ2) is 5.84. The van der Waals surface area contributed by atoms with Gasteiger partial charge in [-0.3, -0.25) is 10.00 Å². The molecule has 1 aromatic rings. The zero-order chi connectivity index (χ0) is 11.4. The van der Waals surface area contributed by atoms with E-state index in [1.807, 2.05) is 11.8 Å². The van der Waals surface area contributed by atoms with Crippen LogP contribution in [0.4, 0.5) is 0 Å². The zero-order valence-corrected chi connectivity index (χ0v) is 11.2. The fourth-order valence-corrected chi connectivity index (χ4v) is 3.14. The second-order valence-electron chi connectivity index (χ2n) is 3.90. The molecule has 0 bridgehead atoms. The van der Waals surface area contributed by atoms with Crippen molar-refractivity contribution in [3.8, 4) is 0 Å². The summed E-state index contributed by atoms with van der Waals surface area (Å²) < 4.78 is 2.88. The van der Waals surface area contributed by atoms with Gasteiger partial charge in [0.05, 0.1) is 0 Å². The van der Waals surface area contributed by atoms with Crippen LogP contribution in [-0.4, -0.2) is 50.8 Å². The van der Waals surface area contributed by atoms with Gasteiger partial charge >= 0.3 is 0 Å². The van der Waals surface area contributed by atoms with Crippen LogP contribution in [0, 0.1) is 4.77 Å². The lowest BCUT2D eigenvalue weighted by Gasteiger charge is -2.26. The van der Waals surface area contributed by atoms with Gasteiger partial charge in [0.1, 0.15) is 5.82 Å². The molecule has 0 radical (unpaired) electrons. The zero-order valence-electron chi connectivity index (χ0n) is 9.61. The molecule has 1 aromatic heterocycles. The van der Waals surface area contributed by atoms with Gasteiger partial charge in [0.2, 0.25) is 0 Å². The van der Waals surface area contributed by atoms with Crippen LogP contribution in [0.2, 0.25) is 0 Å². The van der Waals surface area contributed by atoms with Crippen molar-refractivity contribution in [1.82, 2.24) is 19.7 Å². The Morgan fingerprint density at radius 1 is 1.38 bits per heavy atom. The van der Waals surface area contributed by atoms with Gasteiger partial charge in [-0.15, -0.1) is 0 Å². The van der Waals surface area contributed by atoms with E-state index in [0.717, 1.165) is 30.1 Å². The molecule has 6 heteroatoms. The van der Waals surface area contributed by atoms with Crippen molar-refractivity contribution in [2.75, 3.05) is 31.1 Å². The molecule has 90 valence electrons. The van der Waals surface area contributed by atoms with Crippen molar-refractivity contribution in [3.05, 3.63) is 10.6 Å². The van der Waals surface area contributed by atoms with E-state index in [1.165, 1.54) is 24.6 Å². The maximum atomic E-state index is 5.23. The van der Waals surface area contributed by atoms with E-state index in [0.29, 0.717) is 0 Å². The molecule has 0 atom stereocenters. The molecular weight excluding hydrogens is 240 g/mol. The van der Waals surface area contributed by atoms with Gasteiger partial charge in [-0.05, 0) is 12.2 Å². The molecule has 0 unspecified atom stereocenters. The Hall–Kier alpha value is -0.330. The van der Waals surface area contributed by atoms with Crippen LogP contribution < -0.4 is 0 Å². The van der Waals surface area contributed by atoms with E-state index in [2.05, 4.69) is 26.6 Å². The molecule has 1 aliphatic heterocycles. The molecule has 16 heavy (non-hydrogen) atoms. The van der Waals surface area contributed by atoms with Crippen molar-refractivity contribution in [1.29, 1.82) is 0 Å². The highest BCUT2D eigenvalue weighted by Crippen LogP contribution is 2.09. The first-order chi connectivity index (χ1) is 7.81. The van der Waals surface area contributed by atoms with E-state index in [4.69, 9.17) is 12.2 Å². The first-order valence-corrected chi connectivity index (χ1v) is 7.31. The van der Waals surface area contributed by atoms with Gasteiger partial charge in [-0.25, -0.2) is 0 Å².